The first kappa shape index (κ1) is 21.6. The van der Waals surface area contributed by atoms with Crippen LogP contribution in [0.25, 0.3) is 0 Å². The minimum Gasteiger partial charge on any atom is -0.490 e. The first-order valence-corrected chi connectivity index (χ1v) is 9.46. The molecule has 150 valence electrons. The lowest BCUT2D eigenvalue weighted by Gasteiger charge is -2.13. The summed E-state index contributed by atoms with van der Waals surface area (Å²) >= 11 is 5.98. The number of nitrogens with zero attached hydrogens (tertiary/aromatic N) is 1. The number of hydrogen-bond acceptors (Lipinski definition) is 5. The lowest BCUT2D eigenvalue weighted by molar-refractivity contribution is -0.123. The van der Waals surface area contributed by atoms with Crippen LogP contribution in [0.15, 0.2) is 47.6 Å². The van der Waals surface area contributed by atoms with Crippen LogP contribution in [0.4, 0.5) is 0 Å². The van der Waals surface area contributed by atoms with Gasteiger partial charge in [-0.2, -0.15) is 5.10 Å². The molecule has 0 aliphatic rings. The molecule has 0 saturated carbocycles. The van der Waals surface area contributed by atoms with Crippen LogP contribution in [0, 0.1) is 5.92 Å². The summed E-state index contributed by atoms with van der Waals surface area (Å²) in [4.78, 5) is 11.9. The van der Waals surface area contributed by atoms with E-state index in [9.17, 15) is 4.79 Å². The van der Waals surface area contributed by atoms with Gasteiger partial charge in [-0.05, 0) is 48.7 Å². The highest BCUT2D eigenvalue weighted by Gasteiger charge is 2.08. The Morgan fingerprint density at radius 2 is 1.89 bits per heavy atom. The lowest BCUT2D eigenvalue weighted by atomic mass is 10.2. The molecule has 2 aromatic carbocycles. The van der Waals surface area contributed by atoms with Crippen molar-refractivity contribution in [2.24, 2.45) is 11.0 Å². The highest BCUT2D eigenvalue weighted by molar-refractivity contribution is 6.32. The minimum absolute atomic E-state index is 0.187. The van der Waals surface area contributed by atoms with Crippen LogP contribution in [0.3, 0.4) is 0 Å². The molecule has 0 aromatic heterocycles. The standard InChI is InChI=1S/C21H25ClN2O4/c1-4-26-20-11-16(9-10-19(20)27-13-15(2)3)12-23-24-21(25)14-28-18-8-6-5-7-17(18)22/h5-12,15H,4,13-14H2,1-3H3,(H,24,25)/b23-12-. The van der Waals surface area contributed by atoms with Gasteiger partial charge in [-0.25, -0.2) is 5.43 Å². The van der Waals surface area contributed by atoms with Crippen LogP contribution >= 0.6 is 11.6 Å². The van der Waals surface area contributed by atoms with Gasteiger partial charge in [0.1, 0.15) is 5.75 Å². The molecule has 0 heterocycles. The van der Waals surface area contributed by atoms with E-state index >= 15 is 0 Å². The van der Waals surface area contributed by atoms with Crippen LogP contribution < -0.4 is 19.6 Å². The van der Waals surface area contributed by atoms with E-state index in [1.165, 1.54) is 6.21 Å². The van der Waals surface area contributed by atoms with Crippen molar-refractivity contribution in [1.29, 1.82) is 0 Å². The van der Waals surface area contributed by atoms with Crippen molar-refractivity contribution in [1.82, 2.24) is 5.43 Å². The monoisotopic (exact) mass is 404 g/mol. The van der Waals surface area contributed by atoms with E-state index in [-0.39, 0.29) is 6.61 Å². The van der Waals surface area contributed by atoms with Crippen molar-refractivity contribution in [3.05, 3.63) is 53.1 Å². The fraction of sp³-hybridized carbons (Fsp3) is 0.333. The summed E-state index contributed by atoms with van der Waals surface area (Å²) in [5.74, 6) is 1.80. The van der Waals surface area contributed by atoms with Gasteiger partial charge < -0.3 is 14.2 Å². The first-order valence-electron chi connectivity index (χ1n) is 9.08. The number of ether oxygens (including phenoxy) is 3. The Labute approximate surface area is 170 Å². The summed E-state index contributed by atoms with van der Waals surface area (Å²) in [5, 5.41) is 4.39. The molecule has 0 aliphatic carbocycles. The highest BCUT2D eigenvalue weighted by atomic mass is 35.5. The minimum atomic E-state index is -0.391. The fourth-order valence-corrected chi connectivity index (χ4v) is 2.36. The largest absolute Gasteiger partial charge is 0.490 e. The Bertz CT molecular complexity index is 809. The molecule has 28 heavy (non-hydrogen) atoms. The number of amides is 1. The molecule has 1 amide bonds. The third-order valence-electron chi connectivity index (χ3n) is 3.44. The number of hydrogen-bond donors (Lipinski definition) is 1. The number of carbonyl (C=O) groups excluding carboxylic acids is 1. The molecule has 0 fully saturated rings. The molecule has 1 N–H and O–H groups in total. The predicted octanol–water partition coefficient (Wildman–Crippen LogP) is 4.30. The molecule has 0 bridgehead atoms. The Hall–Kier alpha value is -2.73. The van der Waals surface area contributed by atoms with Crippen LogP contribution in [-0.4, -0.2) is 31.9 Å². The molecule has 2 aromatic rings. The second-order valence-corrected chi connectivity index (χ2v) is 6.76. The van der Waals surface area contributed by atoms with Gasteiger partial charge in [-0.3, -0.25) is 4.79 Å². The quantitative estimate of drug-likeness (QED) is 0.473. The molecular formula is C21H25ClN2O4. The van der Waals surface area contributed by atoms with Crippen molar-refractivity contribution in [2.45, 2.75) is 20.8 Å². The average molecular weight is 405 g/mol. The molecule has 0 unspecified atom stereocenters. The summed E-state index contributed by atoms with van der Waals surface area (Å²) < 4.78 is 16.8. The molecule has 0 atom stereocenters. The summed E-state index contributed by atoms with van der Waals surface area (Å²) in [6.45, 7) is 7.02. The van der Waals surface area contributed by atoms with E-state index in [4.69, 9.17) is 25.8 Å². The Kier molecular flexibility index (Phi) is 8.62. The topological polar surface area (TPSA) is 69.2 Å². The maximum Gasteiger partial charge on any atom is 0.277 e. The third kappa shape index (κ3) is 7.12. The third-order valence-corrected chi connectivity index (χ3v) is 3.75. The van der Waals surface area contributed by atoms with Gasteiger partial charge in [0.05, 0.1) is 24.5 Å². The Morgan fingerprint density at radius 3 is 2.61 bits per heavy atom. The molecule has 0 radical (unpaired) electrons. The summed E-state index contributed by atoms with van der Waals surface area (Å²) in [5.41, 5.74) is 3.19. The normalized spacial score (nSPS) is 10.9. The Morgan fingerprint density at radius 1 is 1.11 bits per heavy atom. The van der Waals surface area contributed by atoms with Crippen molar-refractivity contribution in [2.75, 3.05) is 19.8 Å². The maximum absolute atomic E-state index is 11.9. The average Bonchev–Trinajstić information content (AvgIpc) is 2.67. The zero-order valence-corrected chi connectivity index (χ0v) is 17.0. The van der Waals surface area contributed by atoms with E-state index in [1.54, 1.807) is 24.3 Å². The van der Waals surface area contributed by atoms with Gasteiger partial charge >= 0.3 is 0 Å². The predicted molar refractivity (Wildman–Crippen MR) is 111 cm³/mol. The van der Waals surface area contributed by atoms with Crippen LogP contribution in [0.2, 0.25) is 5.02 Å². The van der Waals surface area contributed by atoms with E-state index < -0.39 is 5.91 Å². The van der Waals surface area contributed by atoms with E-state index in [1.807, 2.05) is 25.1 Å². The number of rotatable bonds is 10. The van der Waals surface area contributed by atoms with Crippen molar-refractivity contribution < 1.29 is 19.0 Å². The van der Waals surface area contributed by atoms with Gasteiger partial charge in [-0.15, -0.1) is 0 Å². The van der Waals surface area contributed by atoms with Gasteiger partial charge in [0, 0.05) is 0 Å². The first-order chi connectivity index (χ1) is 13.5. The van der Waals surface area contributed by atoms with E-state index in [0.717, 1.165) is 5.56 Å². The molecule has 0 spiro atoms. The summed E-state index contributed by atoms with van der Waals surface area (Å²) in [7, 11) is 0. The molecule has 0 saturated heterocycles. The number of carbonyl (C=O) groups is 1. The zero-order chi connectivity index (χ0) is 20.4. The van der Waals surface area contributed by atoms with Crippen molar-refractivity contribution >= 4 is 23.7 Å². The maximum atomic E-state index is 11.9. The van der Waals surface area contributed by atoms with Crippen LogP contribution in [0.5, 0.6) is 17.2 Å². The van der Waals surface area contributed by atoms with Crippen molar-refractivity contribution in [3.8, 4) is 17.2 Å². The fourth-order valence-electron chi connectivity index (χ4n) is 2.17. The molecular weight excluding hydrogens is 380 g/mol. The number of nitrogens with one attached hydrogen (secondary N) is 1. The summed E-state index contributed by atoms with van der Waals surface area (Å²) in [6, 6.07) is 12.4. The number of para-hydroxylation sites is 1. The number of hydrazone groups is 1. The smallest absolute Gasteiger partial charge is 0.277 e. The van der Waals surface area contributed by atoms with E-state index in [0.29, 0.717) is 41.4 Å². The number of benzene rings is 2. The van der Waals surface area contributed by atoms with Gasteiger partial charge in [-0.1, -0.05) is 37.6 Å². The van der Waals surface area contributed by atoms with Gasteiger partial charge in [0.25, 0.3) is 5.91 Å². The molecule has 7 heteroatoms. The zero-order valence-electron chi connectivity index (χ0n) is 16.3. The SMILES string of the molecule is CCOc1cc(/C=N\NC(=O)COc2ccccc2Cl)ccc1OCC(C)C. The van der Waals surface area contributed by atoms with E-state index in [2.05, 4.69) is 24.4 Å². The highest BCUT2D eigenvalue weighted by Crippen LogP contribution is 2.28. The van der Waals surface area contributed by atoms with Crippen molar-refractivity contribution in [3.63, 3.8) is 0 Å². The second-order valence-electron chi connectivity index (χ2n) is 6.36. The molecule has 6 nitrogen and oxygen atoms in total. The van der Waals surface area contributed by atoms with Crippen LogP contribution in [0.1, 0.15) is 26.3 Å². The second kappa shape index (κ2) is 11.2. The van der Waals surface area contributed by atoms with Crippen LogP contribution in [-0.2, 0) is 4.79 Å². The Balaban J connectivity index is 1.90. The molecule has 2 rings (SSSR count). The van der Waals surface area contributed by atoms with Gasteiger partial charge in [0.2, 0.25) is 0 Å². The molecule has 0 aliphatic heterocycles. The van der Waals surface area contributed by atoms with Gasteiger partial charge in [0.15, 0.2) is 18.1 Å². The summed E-state index contributed by atoms with van der Waals surface area (Å²) in [6.07, 6.45) is 1.53. The lowest BCUT2D eigenvalue weighted by Crippen LogP contribution is -2.24. The number of halogens is 1.